The Morgan fingerprint density at radius 3 is 3.00 bits per heavy atom. The van der Waals surface area contributed by atoms with E-state index in [0.29, 0.717) is 12.2 Å². The first kappa shape index (κ1) is 12.3. The molecule has 6 nitrogen and oxygen atoms in total. The summed E-state index contributed by atoms with van der Waals surface area (Å²) in [6.07, 6.45) is 5.35. The largest absolute Gasteiger partial charge is 0.350 e. The molecule has 2 heterocycles. The van der Waals surface area contributed by atoms with Gasteiger partial charge in [-0.1, -0.05) is 6.92 Å². The quantitative estimate of drug-likeness (QED) is 0.815. The summed E-state index contributed by atoms with van der Waals surface area (Å²) in [5.41, 5.74) is 2.51. The van der Waals surface area contributed by atoms with Gasteiger partial charge in [0.1, 0.15) is 5.69 Å². The molecule has 2 N–H and O–H groups in total. The lowest BCUT2D eigenvalue weighted by Crippen LogP contribution is -2.25. The standard InChI is InChI=1S/C12H17N5O/c1-3-10-6-11(16-15-10)12(18)13-5-4-9-7-14-17(2)8-9/h6-8H,3-5H2,1-2H3,(H,13,18)(H,15,16). The van der Waals surface area contributed by atoms with Crippen LogP contribution in [-0.4, -0.2) is 32.4 Å². The molecule has 0 aliphatic rings. The molecule has 0 aromatic carbocycles. The molecule has 0 radical (unpaired) electrons. The van der Waals surface area contributed by atoms with Gasteiger partial charge in [0.25, 0.3) is 5.91 Å². The highest BCUT2D eigenvalue weighted by Gasteiger charge is 2.09. The third kappa shape index (κ3) is 2.97. The van der Waals surface area contributed by atoms with Gasteiger partial charge in [-0.2, -0.15) is 10.2 Å². The number of nitrogens with one attached hydrogen (secondary N) is 2. The van der Waals surface area contributed by atoms with Crippen molar-refractivity contribution in [2.24, 2.45) is 7.05 Å². The van der Waals surface area contributed by atoms with Crippen LogP contribution in [0.15, 0.2) is 18.5 Å². The molecular formula is C12H17N5O. The van der Waals surface area contributed by atoms with Crippen LogP contribution in [0.2, 0.25) is 0 Å². The van der Waals surface area contributed by atoms with Crippen molar-refractivity contribution in [3.8, 4) is 0 Å². The molecule has 18 heavy (non-hydrogen) atoms. The predicted molar refractivity (Wildman–Crippen MR) is 67.2 cm³/mol. The van der Waals surface area contributed by atoms with E-state index >= 15 is 0 Å². The summed E-state index contributed by atoms with van der Waals surface area (Å²) in [4.78, 5) is 11.8. The lowest BCUT2D eigenvalue weighted by Gasteiger charge is -2.00. The van der Waals surface area contributed by atoms with Crippen molar-refractivity contribution < 1.29 is 4.79 Å². The van der Waals surface area contributed by atoms with Crippen LogP contribution in [0.25, 0.3) is 0 Å². The Bertz CT molecular complexity index is 528. The first-order valence-electron chi connectivity index (χ1n) is 5.99. The monoisotopic (exact) mass is 247 g/mol. The SMILES string of the molecule is CCc1cc(C(=O)NCCc2cnn(C)c2)n[nH]1. The number of amides is 1. The summed E-state index contributed by atoms with van der Waals surface area (Å²) in [7, 11) is 1.87. The van der Waals surface area contributed by atoms with Crippen LogP contribution >= 0.6 is 0 Å². The number of rotatable bonds is 5. The summed E-state index contributed by atoms with van der Waals surface area (Å²) in [6, 6.07) is 1.78. The number of aromatic nitrogens is 4. The van der Waals surface area contributed by atoms with Crippen LogP contribution in [0.4, 0.5) is 0 Å². The van der Waals surface area contributed by atoms with Crippen molar-refractivity contribution in [3.05, 3.63) is 35.4 Å². The minimum absolute atomic E-state index is 0.144. The highest BCUT2D eigenvalue weighted by Crippen LogP contribution is 2.00. The van der Waals surface area contributed by atoms with Crippen molar-refractivity contribution in [2.75, 3.05) is 6.54 Å². The van der Waals surface area contributed by atoms with Crippen molar-refractivity contribution in [1.82, 2.24) is 25.3 Å². The second-order valence-corrected chi connectivity index (χ2v) is 4.16. The van der Waals surface area contributed by atoms with Gasteiger partial charge in [0, 0.05) is 25.5 Å². The second kappa shape index (κ2) is 5.48. The van der Waals surface area contributed by atoms with Crippen LogP contribution in [0.5, 0.6) is 0 Å². The Morgan fingerprint density at radius 2 is 2.39 bits per heavy atom. The maximum atomic E-state index is 11.8. The van der Waals surface area contributed by atoms with Crippen LogP contribution < -0.4 is 5.32 Å². The first-order valence-corrected chi connectivity index (χ1v) is 5.99. The summed E-state index contributed by atoms with van der Waals surface area (Å²) < 4.78 is 1.75. The molecular weight excluding hydrogens is 230 g/mol. The van der Waals surface area contributed by atoms with Gasteiger partial charge < -0.3 is 5.32 Å². The van der Waals surface area contributed by atoms with E-state index in [1.54, 1.807) is 16.9 Å². The van der Waals surface area contributed by atoms with E-state index < -0.39 is 0 Å². The van der Waals surface area contributed by atoms with Crippen LogP contribution in [0, 0.1) is 0 Å². The minimum Gasteiger partial charge on any atom is -0.350 e. The van der Waals surface area contributed by atoms with Gasteiger partial charge in [0.05, 0.1) is 6.20 Å². The molecule has 0 atom stereocenters. The number of carbonyl (C=O) groups is 1. The number of hydrogen-bond acceptors (Lipinski definition) is 3. The maximum Gasteiger partial charge on any atom is 0.271 e. The second-order valence-electron chi connectivity index (χ2n) is 4.16. The minimum atomic E-state index is -0.144. The molecule has 2 aromatic rings. The normalized spacial score (nSPS) is 10.6. The maximum absolute atomic E-state index is 11.8. The molecule has 0 fully saturated rings. The van der Waals surface area contributed by atoms with E-state index in [1.165, 1.54) is 0 Å². The number of aryl methyl sites for hydroxylation is 2. The number of aromatic amines is 1. The molecule has 1 amide bonds. The van der Waals surface area contributed by atoms with Crippen LogP contribution in [-0.2, 0) is 19.9 Å². The Balaban J connectivity index is 1.81. The van der Waals surface area contributed by atoms with E-state index in [2.05, 4.69) is 20.6 Å². The molecule has 0 saturated carbocycles. The van der Waals surface area contributed by atoms with Gasteiger partial charge >= 0.3 is 0 Å². The molecule has 96 valence electrons. The summed E-state index contributed by atoms with van der Waals surface area (Å²) in [6.45, 7) is 2.59. The fourth-order valence-corrected chi connectivity index (χ4v) is 1.67. The van der Waals surface area contributed by atoms with E-state index in [1.807, 2.05) is 20.2 Å². The zero-order valence-corrected chi connectivity index (χ0v) is 10.6. The summed E-state index contributed by atoms with van der Waals surface area (Å²) >= 11 is 0. The zero-order chi connectivity index (χ0) is 13.0. The van der Waals surface area contributed by atoms with E-state index in [9.17, 15) is 4.79 Å². The average molecular weight is 247 g/mol. The molecule has 0 bridgehead atoms. The molecule has 6 heteroatoms. The Kier molecular flexibility index (Phi) is 3.76. The van der Waals surface area contributed by atoms with Gasteiger partial charge in [0.15, 0.2) is 0 Å². The summed E-state index contributed by atoms with van der Waals surface area (Å²) in [5.74, 6) is -0.144. The van der Waals surface area contributed by atoms with Crippen molar-refractivity contribution in [3.63, 3.8) is 0 Å². The van der Waals surface area contributed by atoms with Crippen molar-refractivity contribution in [2.45, 2.75) is 19.8 Å². The Morgan fingerprint density at radius 1 is 1.56 bits per heavy atom. The fraction of sp³-hybridized carbons (Fsp3) is 0.417. The van der Waals surface area contributed by atoms with Crippen LogP contribution in [0.1, 0.15) is 28.7 Å². The fourth-order valence-electron chi connectivity index (χ4n) is 1.67. The molecule has 0 spiro atoms. The smallest absolute Gasteiger partial charge is 0.271 e. The number of H-pyrrole nitrogens is 1. The topological polar surface area (TPSA) is 75.6 Å². The zero-order valence-electron chi connectivity index (χ0n) is 10.6. The van der Waals surface area contributed by atoms with Gasteiger partial charge in [0.2, 0.25) is 0 Å². The van der Waals surface area contributed by atoms with Gasteiger partial charge in [-0.25, -0.2) is 0 Å². The number of nitrogens with zero attached hydrogens (tertiary/aromatic N) is 3. The van der Waals surface area contributed by atoms with Crippen LogP contribution in [0.3, 0.4) is 0 Å². The number of hydrogen-bond donors (Lipinski definition) is 2. The molecule has 0 aliphatic carbocycles. The molecule has 2 aromatic heterocycles. The third-order valence-corrected chi connectivity index (χ3v) is 2.70. The lowest BCUT2D eigenvalue weighted by molar-refractivity contribution is 0.0949. The van der Waals surface area contributed by atoms with Gasteiger partial charge in [-0.05, 0) is 24.5 Å². The van der Waals surface area contributed by atoms with Crippen molar-refractivity contribution >= 4 is 5.91 Å². The summed E-state index contributed by atoms with van der Waals surface area (Å²) in [5, 5.41) is 13.7. The van der Waals surface area contributed by atoms with Gasteiger partial charge in [-0.3, -0.25) is 14.6 Å². The molecule has 0 unspecified atom stereocenters. The molecule has 0 aliphatic heterocycles. The van der Waals surface area contributed by atoms with Gasteiger partial charge in [-0.15, -0.1) is 0 Å². The number of carbonyl (C=O) groups excluding carboxylic acids is 1. The van der Waals surface area contributed by atoms with E-state index in [-0.39, 0.29) is 5.91 Å². The van der Waals surface area contributed by atoms with E-state index in [4.69, 9.17) is 0 Å². The highest BCUT2D eigenvalue weighted by molar-refractivity contribution is 5.92. The lowest BCUT2D eigenvalue weighted by atomic mass is 10.2. The molecule has 2 rings (SSSR count). The van der Waals surface area contributed by atoms with E-state index in [0.717, 1.165) is 24.1 Å². The predicted octanol–water partition coefficient (Wildman–Crippen LogP) is 0.678. The third-order valence-electron chi connectivity index (χ3n) is 2.70. The van der Waals surface area contributed by atoms with Crippen molar-refractivity contribution in [1.29, 1.82) is 0 Å². The first-order chi connectivity index (χ1) is 8.69. The Hall–Kier alpha value is -2.11. The Labute approximate surface area is 105 Å². The average Bonchev–Trinajstić information content (AvgIpc) is 2.98. The molecule has 0 saturated heterocycles. The highest BCUT2D eigenvalue weighted by atomic mass is 16.1.